The smallest absolute Gasteiger partial charge is 0.0422 e. The summed E-state index contributed by atoms with van der Waals surface area (Å²) in [5.74, 6) is 0.579. The largest absolute Gasteiger partial charge is 0.120 e. The lowest BCUT2D eigenvalue weighted by atomic mass is 9.76. The van der Waals surface area contributed by atoms with E-state index < -0.39 is 0 Å². The first-order valence-corrected chi connectivity index (χ1v) is 5.45. The number of hydrogen-bond donors (Lipinski definition) is 0. The Bertz CT molecular complexity index is 152. The molecule has 1 fully saturated rings. The van der Waals surface area contributed by atoms with Crippen molar-refractivity contribution in [2.45, 2.75) is 56.2 Å². The zero-order valence-electron chi connectivity index (χ0n) is 8.16. The van der Waals surface area contributed by atoms with E-state index in [4.69, 9.17) is 23.2 Å². The highest BCUT2D eigenvalue weighted by atomic mass is 35.5. The minimum absolute atomic E-state index is 0.00488. The second-order valence-corrected chi connectivity index (χ2v) is 6.66. The fourth-order valence-corrected chi connectivity index (χ4v) is 2.53. The van der Waals surface area contributed by atoms with Gasteiger partial charge in [-0.2, -0.15) is 0 Å². The quantitative estimate of drug-likeness (QED) is 0.568. The molecule has 0 aromatic rings. The first kappa shape index (κ1) is 10.7. The lowest BCUT2D eigenvalue weighted by Crippen LogP contribution is -2.35. The molecular formula is C10H18Cl2. The number of halogens is 2. The second kappa shape index (κ2) is 3.38. The molecule has 1 aliphatic carbocycles. The van der Waals surface area contributed by atoms with E-state index >= 15 is 0 Å². The molecule has 0 spiro atoms. The first-order valence-electron chi connectivity index (χ1n) is 4.69. The van der Waals surface area contributed by atoms with Gasteiger partial charge in [0, 0.05) is 9.75 Å². The minimum atomic E-state index is -0.0867. The van der Waals surface area contributed by atoms with Crippen LogP contribution >= 0.6 is 23.2 Å². The second-order valence-electron chi connectivity index (χ2n) is 4.77. The van der Waals surface area contributed by atoms with Crippen LogP contribution in [-0.4, -0.2) is 9.75 Å². The van der Waals surface area contributed by atoms with Crippen LogP contribution in [-0.2, 0) is 0 Å². The van der Waals surface area contributed by atoms with Crippen molar-refractivity contribution in [1.29, 1.82) is 0 Å². The molecule has 0 aromatic carbocycles. The van der Waals surface area contributed by atoms with Gasteiger partial charge in [0.1, 0.15) is 0 Å². The van der Waals surface area contributed by atoms with Gasteiger partial charge in [-0.3, -0.25) is 0 Å². The van der Waals surface area contributed by atoms with Crippen LogP contribution < -0.4 is 0 Å². The molecule has 0 heterocycles. The fourth-order valence-electron chi connectivity index (χ4n) is 2.02. The topological polar surface area (TPSA) is 0 Å². The maximum atomic E-state index is 6.31. The van der Waals surface area contributed by atoms with E-state index in [9.17, 15) is 0 Å². The van der Waals surface area contributed by atoms with E-state index in [0.29, 0.717) is 5.92 Å². The Labute approximate surface area is 85.6 Å². The average Bonchev–Trinajstić information content (AvgIpc) is 1.83. The van der Waals surface area contributed by atoms with Crippen LogP contribution in [0, 0.1) is 5.92 Å². The molecule has 72 valence electrons. The van der Waals surface area contributed by atoms with Crippen molar-refractivity contribution in [2.24, 2.45) is 5.92 Å². The van der Waals surface area contributed by atoms with Gasteiger partial charge < -0.3 is 0 Å². The molecule has 0 saturated heterocycles. The summed E-state index contributed by atoms with van der Waals surface area (Å²) in [4.78, 5) is -0.0916. The van der Waals surface area contributed by atoms with Gasteiger partial charge in [-0.1, -0.05) is 6.42 Å². The zero-order valence-corrected chi connectivity index (χ0v) is 9.67. The predicted molar refractivity (Wildman–Crippen MR) is 56.1 cm³/mol. The van der Waals surface area contributed by atoms with Crippen LogP contribution in [0.2, 0.25) is 0 Å². The van der Waals surface area contributed by atoms with Gasteiger partial charge in [-0.25, -0.2) is 0 Å². The molecule has 1 aliphatic rings. The van der Waals surface area contributed by atoms with Crippen LogP contribution in [0.1, 0.15) is 46.5 Å². The van der Waals surface area contributed by atoms with Crippen molar-refractivity contribution in [3.8, 4) is 0 Å². The Balaban J connectivity index is 2.58. The third-order valence-electron chi connectivity index (χ3n) is 2.89. The van der Waals surface area contributed by atoms with Gasteiger partial charge in [0.05, 0.1) is 0 Å². The summed E-state index contributed by atoms with van der Waals surface area (Å²) < 4.78 is 0. The van der Waals surface area contributed by atoms with Crippen LogP contribution in [0.4, 0.5) is 0 Å². The van der Waals surface area contributed by atoms with Crippen LogP contribution in [0.3, 0.4) is 0 Å². The number of hydrogen-bond acceptors (Lipinski definition) is 0. The summed E-state index contributed by atoms with van der Waals surface area (Å²) >= 11 is 12.6. The van der Waals surface area contributed by atoms with Gasteiger partial charge in [-0.15, -0.1) is 23.2 Å². The summed E-state index contributed by atoms with van der Waals surface area (Å²) in [6.45, 7) is 6.32. The van der Waals surface area contributed by atoms with Crippen molar-refractivity contribution < 1.29 is 0 Å². The third kappa shape index (κ3) is 2.81. The van der Waals surface area contributed by atoms with Crippen molar-refractivity contribution >= 4 is 23.2 Å². The van der Waals surface area contributed by atoms with Gasteiger partial charge in [0.25, 0.3) is 0 Å². The Morgan fingerprint density at radius 1 is 1.42 bits per heavy atom. The summed E-state index contributed by atoms with van der Waals surface area (Å²) in [5.41, 5.74) is 0. The molecule has 0 aromatic heterocycles. The number of alkyl halides is 2. The predicted octanol–water partition coefficient (Wildman–Crippen LogP) is 4.19. The van der Waals surface area contributed by atoms with Crippen LogP contribution in [0.25, 0.3) is 0 Å². The summed E-state index contributed by atoms with van der Waals surface area (Å²) in [5, 5.41) is 0. The Hall–Kier alpha value is 0.580. The monoisotopic (exact) mass is 208 g/mol. The molecule has 0 bridgehead atoms. The van der Waals surface area contributed by atoms with E-state index in [2.05, 4.69) is 20.8 Å². The molecule has 1 rings (SSSR count). The summed E-state index contributed by atoms with van der Waals surface area (Å²) in [6.07, 6.45) is 4.66. The molecule has 1 saturated carbocycles. The van der Waals surface area contributed by atoms with Gasteiger partial charge in [0.15, 0.2) is 0 Å². The van der Waals surface area contributed by atoms with E-state index in [1.807, 2.05) is 0 Å². The van der Waals surface area contributed by atoms with E-state index in [0.717, 1.165) is 12.8 Å². The molecule has 2 heteroatoms. The third-order valence-corrected chi connectivity index (χ3v) is 3.55. The molecule has 2 atom stereocenters. The Morgan fingerprint density at radius 3 is 2.33 bits per heavy atom. The first-order chi connectivity index (χ1) is 5.31. The minimum Gasteiger partial charge on any atom is -0.120 e. The van der Waals surface area contributed by atoms with E-state index in [1.165, 1.54) is 12.8 Å². The fraction of sp³-hybridized carbons (Fsp3) is 1.00. The molecule has 0 amide bonds. The summed E-state index contributed by atoms with van der Waals surface area (Å²) in [7, 11) is 0. The lowest BCUT2D eigenvalue weighted by molar-refractivity contribution is 0.258. The van der Waals surface area contributed by atoms with Crippen molar-refractivity contribution in [3.63, 3.8) is 0 Å². The number of rotatable bonds is 1. The lowest BCUT2D eigenvalue weighted by Gasteiger charge is -2.39. The highest BCUT2D eigenvalue weighted by molar-refractivity contribution is 6.24. The molecule has 12 heavy (non-hydrogen) atoms. The van der Waals surface area contributed by atoms with Crippen LogP contribution in [0.15, 0.2) is 0 Å². The zero-order chi connectivity index (χ0) is 9.41. The summed E-state index contributed by atoms with van der Waals surface area (Å²) in [6, 6.07) is 0. The van der Waals surface area contributed by atoms with Crippen molar-refractivity contribution in [1.82, 2.24) is 0 Å². The van der Waals surface area contributed by atoms with Crippen molar-refractivity contribution in [2.75, 3.05) is 0 Å². The molecule has 0 nitrogen and oxygen atoms in total. The van der Waals surface area contributed by atoms with E-state index in [-0.39, 0.29) is 9.75 Å². The highest BCUT2D eigenvalue weighted by Gasteiger charge is 2.37. The standard InChI is InChI=1S/C10H18Cl2/c1-9(2,11)8-5-4-6-10(3,12)7-8/h8H,4-7H2,1-3H3/t8-,10-/m0/s1. The van der Waals surface area contributed by atoms with Crippen molar-refractivity contribution in [3.05, 3.63) is 0 Å². The van der Waals surface area contributed by atoms with Gasteiger partial charge in [0.2, 0.25) is 0 Å². The van der Waals surface area contributed by atoms with Crippen LogP contribution in [0.5, 0.6) is 0 Å². The molecule has 0 N–H and O–H groups in total. The maximum absolute atomic E-state index is 6.31. The SMILES string of the molecule is CC(C)(Cl)[C@H]1CCC[C@](C)(Cl)C1. The van der Waals surface area contributed by atoms with E-state index in [1.54, 1.807) is 0 Å². The maximum Gasteiger partial charge on any atom is 0.0422 e. The normalized spacial score (nSPS) is 38.2. The Kier molecular flexibility index (Phi) is 3.00. The van der Waals surface area contributed by atoms with Gasteiger partial charge in [-0.05, 0) is 46.0 Å². The van der Waals surface area contributed by atoms with Gasteiger partial charge >= 0.3 is 0 Å². The molecular weight excluding hydrogens is 191 g/mol. The molecule has 0 radical (unpaired) electrons. The molecule has 0 aliphatic heterocycles. The molecule has 0 unspecified atom stereocenters. The highest BCUT2D eigenvalue weighted by Crippen LogP contribution is 2.43. The Morgan fingerprint density at radius 2 is 2.00 bits per heavy atom. The average molecular weight is 209 g/mol.